The molecular weight excluding hydrogens is 252 g/mol. The molecular formula is C13H10O4S. The quantitative estimate of drug-likeness (QED) is 0.683. The van der Waals surface area contributed by atoms with Gasteiger partial charge in [-0.05, 0) is 30.4 Å². The van der Waals surface area contributed by atoms with E-state index in [2.05, 4.69) is 4.18 Å². The third kappa shape index (κ3) is 1.25. The zero-order valence-electron chi connectivity index (χ0n) is 9.85. The second-order valence-corrected chi connectivity index (χ2v) is 5.81. The van der Waals surface area contributed by atoms with Crippen LogP contribution in [0.5, 0.6) is 0 Å². The summed E-state index contributed by atoms with van der Waals surface area (Å²) >= 11 is 0. The van der Waals surface area contributed by atoms with Gasteiger partial charge in [0.1, 0.15) is 4.90 Å². The van der Waals surface area contributed by atoms with Crippen LogP contribution in [0.25, 0.3) is 10.8 Å². The Labute approximate surface area is 104 Å². The van der Waals surface area contributed by atoms with Gasteiger partial charge in [-0.3, -0.25) is 0 Å². The van der Waals surface area contributed by atoms with Crippen LogP contribution in [-0.4, -0.2) is 14.4 Å². The van der Waals surface area contributed by atoms with Gasteiger partial charge in [-0.2, -0.15) is 8.42 Å². The van der Waals surface area contributed by atoms with E-state index in [-0.39, 0.29) is 10.5 Å². The van der Waals surface area contributed by atoms with Crippen LogP contribution in [0.3, 0.4) is 0 Å². The lowest BCUT2D eigenvalue weighted by Crippen LogP contribution is -2.00. The van der Waals surface area contributed by atoms with Crippen molar-refractivity contribution in [2.45, 2.75) is 18.7 Å². The first-order chi connectivity index (χ1) is 8.43. The van der Waals surface area contributed by atoms with Crippen LogP contribution >= 0.6 is 0 Å². The van der Waals surface area contributed by atoms with Crippen LogP contribution in [0.4, 0.5) is 0 Å². The van der Waals surface area contributed by atoms with Gasteiger partial charge in [0.05, 0.1) is 5.56 Å². The number of aryl methyl sites for hydroxylation is 1. The molecule has 0 radical (unpaired) electrons. The van der Waals surface area contributed by atoms with Crippen molar-refractivity contribution in [3.8, 4) is 0 Å². The van der Waals surface area contributed by atoms with Crippen molar-refractivity contribution in [1.82, 2.24) is 0 Å². The van der Waals surface area contributed by atoms with E-state index in [0.717, 1.165) is 10.9 Å². The van der Waals surface area contributed by atoms with E-state index in [1.54, 1.807) is 19.1 Å². The van der Waals surface area contributed by atoms with Crippen LogP contribution in [0.2, 0.25) is 0 Å². The molecule has 0 atom stereocenters. The summed E-state index contributed by atoms with van der Waals surface area (Å²) < 4.78 is 28.3. The second-order valence-electron chi connectivity index (χ2n) is 4.32. The Morgan fingerprint density at radius 3 is 2.28 bits per heavy atom. The number of hydrogen-bond donors (Lipinski definition) is 0. The van der Waals surface area contributed by atoms with Gasteiger partial charge in [-0.1, -0.05) is 24.3 Å². The average Bonchev–Trinajstić information content (AvgIpc) is 2.56. The Balaban J connectivity index is 2.67. The van der Waals surface area contributed by atoms with E-state index >= 15 is 0 Å². The normalized spacial score (nSPS) is 16.7. The van der Waals surface area contributed by atoms with Crippen LogP contribution in [0.1, 0.15) is 21.5 Å². The molecule has 2 aromatic carbocycles. The molecule has 0 spiro atoms. The highest BCUT2D eigenvalue weighted by Crippen LogP contribution is 2.38. The molecule has 1 heterocycles. The summed E-state index contributed by atoms with van der Waals surface area (Å²) in [6.45, 7) is 3.61. The Morgan fingerprint density at radius 1 is 1.00 bits per heavy atom. The first-order valence-electron chi connectivity index (χ1n) is 5.44. The molecule has 0 aromatic heterocycles. The molecule has 1 aliphatic rings. The minimum atomic E-state index is -3.97. The number of rotatable bonds is 0. The maximum absolute atomic E-state index is 11.9. The van der Waals surface area contributed by atoms with E-state index in [4.69, 9.17) is 0 Å². The number of benzene rings is 2. The smallest absolute Gasteiger partial charge is 0.338 e. The predicted octanol–water partition coefficient (Wildman–Crippen LogP) is 2.32. The molecule has 92 valence electrons. The highest BCUT2D eigenvalue weighted by molar-refractivity contribution is 7.88. The Hall–Kier alpha value is -1.88. The van der Waals surface area contributed by atoms with E-state index in [0.29, 0.717) is 10.9 Å². The lowest BCUT2D eigenvalue weighted by molar-refractivity contribution is 0.0762. The summed E-state index contributed by atoms with van der Waals surface area (Å²) in [6, 6.07) is 7.12. The second kappa shape index (κ2) is 3.32. The van der Waals surface area contributed by atoms with E-state index < -0.39 is 16.1 Å². The summed E-state index contributed by atoms with van der Waals surface area (Å²) in [5, 5.41) is 1.37. The standard InChI is InChI=1S/C13H10O4S/c1-7-8(2)11-12(18(15,16)17-13(11)14)10-6-4-3-5-9(7)10/h3-6H,1-2H3. The molecule has 2 aromatic rings. The predicted molar refractivity (Wildman–Crippen MR) is 66.0 cm³/mol. The first kappa shape index (κ1) is 11.2. The van der Waals surface area contributed by atoms with Crippen molar-refractivity contribution in [3.63, 3.8) is 0 Å². The van der Waals surface area contributed by atoms with Gasteiger partial charge in [0.2, 0.25) is 0 Å². The summed E-state index contributed by atoms with van der Waals surface area (Å²) in [5.74, 6) is -0.781. The molecule has 0 saturated carbocycles. The third-order valence-electron chi connectivity index (χ3n) is 3.38. The Kier molecular flexibility index (Phi) is 2.07. The maximum atomic E-state index is 11.9. The van der Waals surface area contributed by atoms with Crippen LogP contribution in [0, 0.1) is 13.8 Å². The minimum absolute atomic E-state index is 0.00574. The molecule has 4 nitrogen and oxygen atoms in total. The average molecular weight is 262 g/mol. The Bertz CT molecular complexity index is 803. The van der Waals surface area contributed by atoms with Crippen molar-refractivity contribution < 1.29 is 17.4 Å². The molecule has 0 bridgehead atoms. The van der Waals surface area contributed by atoms with Crippen molar-refractivity contribution in [3.05, 3.63) is 41.0 Å². The lowest BCUT2D eigenvalue weighted by atomic mass is 9.96. The van der Waals surface area contributed by atoms with Crippen LogP contribution in [0.15, 0.2) is 29.2 Å². The number of carbonyl (C=O) groups excluding carboxylic acids is 1. The fourth-order valence-electron chi connectivity index (χ4n) is 2.39. The van der Waals surface area contributed by atoms with Crippen LogP contribution < -0.4 is 0 Å². The van der Waals surface area contributed by atoms with Crippen molar-refractivity contribution in [1.29, 1.82) is 0 Å². The number of hydrogen-bond acceptors (Lipinski definition) is 4. The van der Waals surface area contributed by atoms with Gasteiger partial charge in [0, 0.05) is 5.39 Å². The SMILES string of the molecule is Cc1c2c(c3ccccc3c1C)S(=O)(=O)OC2=O. The maximum Gasteiger partial charge on any atom is 0.355 e. The summed E-state index contributed by atoms with van der Waals surface area (Å²) in [7, 11) is -3.97. The van der Waals surface area contributed by atoms with Gasteiger partial charge >= 0.3 is 16.1 Å². The summed E-state index contributed by atoms with van der Waals surface area (Å²) in [5.41, 5.74) is 1.74. The van der Waals surface area contributed by atoms with Crippen molar-refractivity contribution >= 4 is 26.9 Å². The summed E-state index contributed by atoms with van der Waals surface area (Å²) in [4.78, 5) is 11.7. The van der Waals surface area contributed by atoms with E-state index in [9.17, 15) is 13.2 Å². The van der Waals surface area contributed by atoms with Crippen molar-refractivity contribution in [2.24, 2.45) is 0 Å². The highest BCUT2D eigenvalue weighted by atomic mass is 32.2. The third-order valence-corrected chi connectivity index (χ3v) is 4.67. The van der Waals surface area contributed by atoms with Gasteiger partial charge in [0.15, 0.2) is 0 Å². The fourth-order valence-corrected chi connectivity index (χ4v) is 3.69. The van der Waals surface area contributed by atoms with Crippen LogP contribution in [-0.2, 0) is 14.3 Å². The minimum Gasteiger partial charge on any atom is -0.338 e. The largest absolute Gasteiger partial charge is 0.355 e. The summed E-state index contributed by atoms with van der Waals surface area (Å²) in [6.07, 6.45) is 0. The monoisotopic (exact) mass is 262 g/mol. The fraction of sp³-hybridized carbons (Fsp3) is 0.154. The number of carbonyl (C=O) groups is 1. The van der Waals surface area contributed by atoms with Gasteiger partial charge in [-0.15, -0.1) is 0 Å². The zero-order chi connectivity index (χ0) is 13.1. The molecule has 18 heavy (non-hydrogen) atoms. The molecule has 5 heteroatoms. The molecule has 0 N–H and O–H groups in total. The highest BCUT2D eigenvalue weighted by Gasteiger charge is 2.39. The molecule has 1 aliphatic heterocycles. The van der Waals surface area contributed by atoms with Gasteiger partial charge in [0.25, 0.3) is 0 Å². The molecule has 0 fully saturated rings. The molecule has 0 amide bonds. The van der Waals surface area contributed by atoms with Gasteiger partial charge in [-0.25, -0.2) is 4.79 Å². The molecule has 0 aliphatic carbocycles. The van der Waals surface area contributed by atoms with E-state index in [1.165, 1.54) is 0 Å². The zero-order valence-corrected chi connectivity index (χ0v) is 10.7. The molecule has 3 rings (SSSR count). The number of fused-ring (bicyclic) bond motifs is 3. The molecule has 0 unspecified atom stereocenters. The topological polar surface area (TPSA) is 60.4 Å². The van der Waals surface area contributed by atoms with Crippen molar-refractivity contribution in [2.75, 3.05) is 0 Å². The van der Waals surface area contributed by atoms with E-state index in [1.807, 2.05) is 19.1 Å². The molecule has 0 saturated heterocycles. The lowest BCUT2D eigenvalue weighted by Gasteiger charge is -2.09. The first-order valence-corrected chi connectivity index (χ1v) is 6.85. The van der Waals surface area contributed by atoms with Gasteiger partial charge < -0.3 is 4.18 Å². The Morgan fingerprint density at radius 2 is 1.61 bits per heavy atom.